The molecule has 0 bridgehead atoms. The van der Waals surface area contributed by atoms with Crippen LogP contribution in [0.15, 0.2) is 71.8 Å². The van der Waals surface area contributed by atoms with Crippen molar-refractivity contribution in [3.8, 4) is 0 Å². The van der Waals surface area contributed by atoms with Crippen LogP contribution < -0.4 is 14.9 Å². The number of carbonyl (C=O) groups is 1. The standard InChI is InChI=1S/C23H23FN4O3S/c24-18-5-10-21(11-6-18)32(30,31)27-19-7-3-17(4-8-19)15-23(29)26-20-9-12-22(25-16-20)28-13-1-2-14-28/h3-12,16,27H,1-2,13-15H2,(H,26,29). The van der Waals surface area contributed by atoms with E-state index < -0.39 is 15.8 Å². The molecular formula is C23H23FN4O3S. The van der Waals surface area contributed by atoms with Gasteiger partial charge < -0.3 is 10.2 Å². The first-order valence-corrected chi connectivity index (χ1v) is 11.8. The van der Waals surface area contributed by atoms with Crippen molar-refractivity contribution in [2.45, 2.75) is 24.2 Å². The summed E-state index contributed by atoms with van der Waals surface area (Å²) in [6.45, 7) is 2.02. The van der Waals surface area contributed by atoms with Crippen molar-refractivity contribution in [2.75, 3.05) is 28.0 Å². The second-order valence-electron chi connectivity index (χ2n) is 7.58. The molecule has 7 nitrogen and oxygen atoms in total. The molecular weight excluding hydrogens is 431 g/mol. The summed E-state index contributed by atoms with van der Waals surface area (Å²) < 4.78 is 40.2. The fourth-order valence-electron chi connectivity index (χ4n) is 3.50. The number of anilines is 3. The molecule has 2 aromatic carbocycles. The molecule has 32 heavy (non-hydrogen) atoms. The van der Waals surface area contributed by atoms with Gasteiger partial charge in [0.2, 0.25) is 5.91 Å². The summed E-state index contributed by atoms with van der Waals surface area (Å²) in [5, 5.41) is 2.83. The van der Waals surface area contributed by atoms with E-state index in [1.165, 1.54) is 25.0 Å². The number of carbonyl (C=O) groups excluding carboxylic acids is 1. The molecule has 1 aliphatic heterocycles. The number of aromatic nitrogens is 1. The van der Waals surface area contributed by atoms with E-state index in [2.05, 4.69) is 19.9 Å². The summed E-state index contributed by atoms with van der Waals surface area (Å²) in [5.41, 5.74) is 1.70. The number of sulfonamides is 1. The Morgan fingerprint density at radius 1 is 0.938 bits per heavy atom. The van der Waals surface area contributed by atoms with E-state index in [9.17, 15) is 17.6 Å². The van der Waals surface area contributed by atoms with E-state index in [0.717, 1.165) is 36.6 Å². The lowest BCUT2D eigenvalue weighted by Crippen LogP contribution is -2.19. The molecule has 2 heterocycles. The third-order valence-electron chi connectivity index (χ3n) is 5.16. The Morgan fingerprint density at radius 3 is 2.22 bits per heavy atom. The molecule has 1 aliphatic rings. The maximum Gasteiger partial charge on any atom is 0.261 e. The minimum absolute atomic E-state index is 0.0355. The SMILES string of the molecule is O=C(Cc1ccc(NS(=O)(=O)c2ccc(F)cc2)cc1)Nc1ccc(N2CCCC2)nc1. The Hall–Kier alpha value is -3.46. The Balaban J connectivity index is 1.33. The lowest BCUT2D eigenvalue weighted by atomic mass is 10.1. The van der Waals surface area contributed by atoms with Gasteiger partial charge in [-0.15, -0.1) is 0 Å². The van der Waals surface area contributed by atoms with Crippen LogP contribution in [0.25, 0.3) is 0 Å². The Bertz CT molecular complexity index is 1180. The highest BCUT2D eigenvalue weighted by atomic mass is 32.2. The molecule has 3 aromatic rings. The number of hydrogen-bond donors (Lipinski definition) is 2. The van der Waals surface area contributed by atoms with Gasteiger partial charge in [-0.25, -0.2) is 17.8 Å². The molecule has 0 radical (unpaired) electrons. The molecule has 0 atom stereocenters. The van der Waals surface area contributed by atoms with Gasteiger partial charge in [-0.2, -0.15) is 0 Å². The first-order chi connectivity index (χ1) is 15.4. The molecule has 2 N–H and O–H groups in total. The molecule has 4 rings (SSSR count). The Kier molecular flexibility index (Phi) is 6.36. The van der Waals surface area contributed by atoms with Crippen LogP contribution in [0.1, 0.15) is 18.4 Å². The zero-order valence-electron chi connectivity index (χ0n) is 17.3. The molecule has 166 valence electrons. The van der Waals surface area contributed by atoms with E-state index in [4.69, 9.17) is 0 Å². The number of halogens is 1. The zero-order chi connectivity index (χ0) is 22.6. The maximum atomic E-state index is 13.0. The minimum atomic E-state index is -3.82. The number of nitrogens with one attached hydrogen (secondary N) is 2. The van der Waals surface area contributed by atoms with Gasteiger partial charge in [-0.1, -0.05) is 12.1 Å². The molecule has 0 spiro atoms. The van der Waals surface area contributed by atoms with Crippen molar-refractivity contribution in [3.63, 3.8) is 0 Å². The molecule has 0 unspecified atom stereocenters. The molecule has 1 amide bonds. The topological polar surface area (TPSA) is 91.4 Å². The Labute approximate surface area is 186 Å². The number of nitrogens with zero attached hydrogens (tertiary/aromatic N) is 2. The van der Waals surface area contributed by atoms with Crippen molar-refractivity contribution in [1.29, 1.82) is 0 Å². The molecule has 9 heteroatoms. The van der Waals surface area contributed by atoms with Crippen LogP contribution in [0.5, 0.6) is 0 Å². The van der Waals surface area contributed by atoms with E-state index in [1.807, 2.05) is 12.1 Å². The third-order valence-corrected chi connectivity index (χ3v) is 6.55. The summed E-state index contributed by atoms with van der Waals surface area (Å²) >= 11 is 0. The van der Waals surface area contributed by atoms with Crippen LogP contribution in [-0.4, -0.2) is 32.4 Å². The average molecular weight is 455 g/mol. The molecule has 1 aromatic heterocycles. The van der Waals surface area contributed by atoms with Crippen molar-refractivity contribution < 1.29 is 17.6 Å². The largest absolute Gasteiger partial charge is 0.357 e. The lowest BCUT2D eigenvalue weighted by molar-refractivity contribution is -0.115. The second kappa shape index (κ2) is 9.35. The van der Waals surface area contributed by atoms with Crippen molar-refractivity contribution in [2.24, 2.45) is 0 Å². The van der Waals surface area contributed by atoms with Gasteiger partial charge in [0.05, 0.1) is 23.2 Å². The average Bonchev–Trinajstić information content (AvgIpc) is 3.31. The summed E-state index contributed by atoms with van der Waals surface area (Å²) in [6.07, 6.45) is 4.14. The highest BCUT2D eigenvalue weighted by molar-refractivity contribution is 7.92. The van der Waals surface area contributed by atoms with Crippen LogP contribution in [0.3, 0.4) is 0 Å². The number of benzene rings is 2. The van der Waals surface area contributed by atoms with Gasteiger partial charge in [0.1, 0.15) is 11.6 Å². The third kappa shape index (κ3) is 5.42. The smallest absolute Gasteiger partial charge is 0.261 e. The van der Waals surface area contributed by atoms with E-state index in [1.54, 1.807) is 30.5 Å². The highest BCUT2D eigenvalue weighted by Gasteiger charge is 2.15. The van der Waals surface area contributed by atoms with Crippen molar-refractivity contribution in [3.05, 3.63) is 78.2 Å². The quantitative estimate of drug-likeness (QED) is 0.567. The first-order valence-electron chi connectivity index (χ1n) is 10.3. The van der Waals surface area contributed by atoms with E-state index in [0.29, 0.717) is 11.4 Å². The normalized spacial score (nSPS) is 13.7. The van der Waals surface area contributed by atoms with Crippen molar-refractivity contribution >= 4 is 33.1 Å². The molecule has 1 saturated heterocycles. The predicted octanol–water partition coefficient (Wildman–Crippen LogP) is 3.80. The second-order valence-corrected chi connectivity index (χ2v) is 9.26. The minimum Gasteiger partial charge on any atom is -0.357 e. The van der Waals surface area contributed by atoms with E-state index >= 15 is 0 Å². The van der Waals surface area contributed by atoms with Crippen LogP contribution >= 0.6 is 0 Å². The molecule has 0 saturated carbocycles. The molecule has 1 fully saturated rings. The summed E-state index contributed by atoms with van der Waals surface area (Å²) in [6, 6.07) is 14.8. The lowest BCUT2D eigenvalue weighted by Gasteiger charge is -2.16. The fourth-order valence-corrected chi connectivity index (χ4v) is 4.56. The van der Waals surface area contributed by atoms with Crippen molar-refractivity contribution in [1.82, 2.24) is 4.98 Å². The number of rotatable bonds is 7. The fraction of sp³-hybridized carbons (Fsp3) is 0.217. The van der Waals surface area contributed by atoms with Gasteiger partial charge in [0, 0.05) is 18.8 Å². The van der Waals surface area contributed by atoms with Crippen LogP contribution in [0.2, 0.25) is 0 Å². The summed E-state index contributed by atoms with van der Waals surface area (Å²) in [4.78, 5) is 19.0. The highest BCUT2D eigenvalue weighted by Crippen LogP contribution is 2.20. The van der Waals surface area contributed by atoms with Crippen LogP contribution in [0, 0.1) is 5.82 Å². The summed E-state index contributed by atoms with van der Waals surface area (Å²) in [5.74, 6) is 0.212. The Morgan fingerprint density at radius 2 is 1.59 bits per heavy atom. The number of amides is 1. The monoisotopic (exact) mass is 454 g/mol. The zero-order valence-corrected chi connectivity index (χ0v) is 18.1. The van der Waals surface area contributed by atoms with Crippen LogP contribution in [-0.2, 0) is 21.2 Å². The number of pyridine rings is 1. The van der Waals surface area contributed by atoms with Crippen LogP contribution in [0.4, 0.5) is 21.6 Å². The summed E-state index contributed by atoms with van der Waals surface area (Å²) in [7, 11) is -3.82. The van der Waals surface area contributed by atoms with E-state index in [-0.39, 0.29) is 17.2 Å². The predicted molar refractivity (Wildman–Crippen MR) is 122 cm³/mol. The van der Waals surface area contributed by atoms with Gasteiger partial charge in [0.25, 0.3) is 10.0 Å². The van der Waals surface area contributed by atoms with Gasteiger partial charge in [-0.05, 0) is 66.9 Å². The maximum absolute atomic E-state index is 13.0. The molecule has 0 aliphatic carbocycles. The van der Waals surface area contributed by atoms with Gasteiger partial charge in [-0.3, -0.25) is 9.52 Å². The first kappa shape index (κ1) is 21.8. The van der Waals surface area contributed by atoms with Gasteiger partial charge >= 0.3 is 0 Å². The van der Waals surface area contributed by atoms with Gasteiger partial charge in [0.15, 0.2) is 0 Å². The number of hydrogen-bond acceptors (Lipinski definition) is 5.